The zero-order valence-corrected chi connectivity index (χ0v) is 15.5. The van der Waals surface area contributed by atoms with Crippen LogP contribution in [0.4, 0.5) is 10.1 Å². The maximum atomic E-state index is 13.8. The molecule has 1 atom stereocenters. The zero-order chi connectivity index (χ0) is 19.2. The number of carbonyl (C=O) groups excluding carboxylic acids is 1. The van der Waals surface area contributed by atoms with Crippen molar-refractivity contribution in [1.29, 1.82) is 0 Å². The quantitative estimate of drug-likeness (QED) is 0.847. The highest BCUT2D eigenvalue weighted by Crippen LogP contribution is 2.26. The van der Waals surface area contributed by atoms with Crippen LogP contribution in [0.1, 0.15) is 18.9 Å². The minimum atomic E-state index is -0.736. The van der Waals surface area contributed by atoms with Crippen LogP contribution in [0.5, 0.6) is 5.75 Å². The van der Waals surface area contributed by atoms with Gasteiger partial charge in [0, 0.05) is 38.3 Å². The number of fused-ring (bicyclic) bond motifs is 1. The van der Waals surface area contributed by atoms with E-state index in [2.05, 4.69) is 0 Å². The summed E-state index contributed by atoms with van der Waals surface area (Å²) < 4.78 is 19.4. The number of carbonyl (C=O) groups is 1. The number of hydrogen-bond donors (Lipinski definition) is 1. The molecule has 1 amide bonds. The molecule has 1 heterocycles. The number of aliphatic hydroxyl groups is 1. The first-order chi connectivity index (χ1) is 13.1. The number of ether oxygens (including phenoxy) is 1. The van der Waals surface area contributed by atoms with Gasteiger partial charge in [-0.3, -0.25) is 4.79 Å². The average Bonchev–Trinajstić information content (AvgIpc) is 2.67. The highest BCUT2D eigenvalue weighted by molar-refractivity contribution is 5.78. The number of halogens is 1. The molecule has 3 rings (SSSR count). The Morgan fingerprint density at radius 2 is 1.96 bits per heavy atom. The van der Waals surface area contributed by atoms with Crippen molar-refractivity contribution in [3.05, 3.63) is 59.9 Å². The van der Waals surface area contributed by atoms with Crippen LogP contribution in [0.2, 0.25) is 0 Å². The molecule has 0 spiro atoms. The van der Waals surface area contributed by atoms with Gasteiger partial charge >= 0.3 is 0 Å². The summed E-state index contributed by atoms with van der Waals surface area (Å²) in [6, 6.07) is 13.9. The number of benzene rings is 2. The van der Waals surface area contributed by atoms with E-state index in [1.165, 1.54) is 12.1 Å². The minimum absolute atomic E-state index is 0.0347. The highest BCUT2D eigenvalue weighted by Gasteiger charge is 2.23. The van der Waals surface area contributed by atoms with Gasteiger partial charge in [0.15, 0.2) is 0 Å². The van der Waals surface area contributed by atoms with E-state index in [1.54, 1.807) is 11.0 Å². The van der Waals surface area contributed by atoms with Crippen molar-refractivity contribution in [3.8, 4) is 5.75 Å². The lowest BCUT2D eigenvalue weighted by molar-refractivity contribution is -0.131. The summed E-state index contributed by atoms with van der Waals surface area (Å²) in [5.41, 5.74) is 1.60. The first-order valence-corrected chi connectivity index (χ1v) is 9.24. The Morgan fingerprint density at radius 1 is 1.19 bits per heavy atom. The maximum Gasteiger partial charge on any atom is 0.224 e. The van der Waals surface area contributed by atoms with E-state index in [0.717, 1.165) is 11.3 Å². The number of aliphatic hydroxyl groups excluding tert-OH is 1. The summed E-state index contributed by atoms with van der Waals surface area (Å²) in [6.45, 7) is 3.80. The van der Waals surface area contributed by atoms with Gasteiger partial charge in [0.1, 0.15) is 24.3 Å². The molecule has 1 N–H and O–H groups in total. The number of hydrogen-bond acceptors (Lipinski definition) is 4. The van der Waals surface area contributed by atoms with Crippen molar-refractivity contribution in [1.82, 2.24) is 4.90 Å². The fourth-order valence-corrected chi connectivity index (χ4v) is 3.29. The van der Waals surface area contributed by atoms with Crippen LogP contribution >= 0.6 is 0 Å². The van der Waals surface area contributed by atoms with E-state index in [4.69, 9.17) is 4.74 Å². The molecular formula is C21H25FN2O3. The zero-order valence-electron chi connectivity index (χ0n) is 15.5. The van der Waals surface area contributed by atoms with Crippen LogP contribution in [0.15, 0.2) is 48.5 Å². The Balaban J connectivity index is 1.73. The third-order valence-electron chi connectivity index (χ3n) is 4.69. The van der Waals surface area contributed by atoms with Gasteiger partial charge < -0.3 is 19.6 Å². The van der Waals surface area contributed by atoms with Gasteiger partial charge in [-0.05, 0) is 42.8 Å². The molecular weight excluding hydrogens is 347 g/mol. The summed E-state index contributed by atoms with van der Waals surface area (Å²) >= 11 is 0. The van der Waals surface area contributed by atoms with Crippen LogP contribution < -0.4 is 9.64 Å². The number of anilines is 1. The van der Waals surface area contributed by atoms with Crippen molar-refractivity contribution in [2.24, 2.45) is 0 Å². The van der Waals surface area contributed by atoms with Gasteiger partial charge in [0.25, 0.3) is 0 Å². The van der Waals surface area contributed by atoms with Crippen LogP contribution in [0.25, 0.3) is 0 Å². The maximum absolute atomic E-state index is 13.8. The minimum Gasteiger partial charge on any atom is -0.491 e. The van der Waals surface area contributed by atoms with E-state index in [0.29, 0.717) is 38.3 Å². The van der Waals surface area contributed by atoms with Gasteiger partial charge in [0.05, 0.1) is 0 Å². The molecule has 5 nitrogen and oxygen atoms in total. The predicted molar refractivity (Wildman–Crippen MR) is 102 cm³/mol. The summed E-state index contributed by atoms with van der Waals surface area (Å²) in [5.74, 6) is 0.402. The second kappa shape index (κ2) is 8.86. The molecule has 6 heteroatoms. The Labute approximate surface area is 159 Å². The van der Waals surface area contributed by atoms with Crippen LogP contribution in [-0.2, 0) is 11.3 Å². The second-order valence-corrected chi connectivity index (χ2v) is 6.65. The molecule has 144 valence electrons. The van der Waals surface area contributed by atoms with Crippen molar-refractivity contribution >= 4 is 11.6 Å². The molecule has 0 saturated heterocycles. The van der Waals surface area contributed by atoms with Crippen LogP contribution in [0, 0.1) is 5.82 Å². The third-order valence-corrected chi connectivity index (χ3v) is 4.69. The Morgan fingerprint density at radius 3 is 2.70 bits per heavy atom. The Kier molecular flexibility index (Phi) is 6.29. The van der Waals surface area contributed by atoms with E-state index in [-0.39, 0.29) is 18.3 Å². The molecule has 1 aliphatic heterocycles. The molecule has 0 fully saturated rings. The molecule has 2 aromatic rings. The SMILES string of the molecule is CCN1Cc2cc(F)ccc2N(CC(O)COc2ccccc2)CCC1=O. The predicted octanol–water partition coefficient (Wildman–Crippen LogP) is 2.82. The largest absolute Gasteiger partial charge is 0.491 e. The lowest BCUT2D eigenvalue weighted by atomic mass is 10.1. The number of β-amino-alcohol motifs (C(OH)–C–C–N with tert-alkyl or cyclic N) is 1. The molecule has 27 heavy (non-hydrogen) atoms. The number of para-hydroxylation sites is 1. The molecule has 0 aliphatic carbocycles. The van der Waals surface area contributed by atoms with Crippen molar-refractivity contribution < 1.29 is 19.0 Å². The van der Waals surface area contributed by atoms with Crippen molar-refractivity contribution in [2.45, 2.75) is 26.0 Å². The topological polar surface area (TPSA) is 53.0 Å². The van der Waals surface area contributed by atoms with Gasteiger partial charge in [-0.25, -0.2) is 4.39 Å². The van der Waals surface area contributed by atoms with E-state index < -0.39 is 6.10 Å². The molecule has 0 bridgehead atoms. The number of nitrogens with zero attached hydrogens (tertiary/aromatic N) is 2. The molecule has 0 aromatic heterocycles. The molecule has 1 unspecified atom stereocenters. The van der Waals surface area contributed by atoms with Crippen molar-refractivity contribution in [3.63, 3.8) is 0 Å². The fourth-order valence-electron chi connectivity index (χ4n) is 3.29. The average molecular weight is 372 g/mol. The first-order valence-electron chi connectivity index (χ1n) is 9.24. The third kappa shape index (κ3) is 4.98. The van der Waals surface area contributed by atoms with E-state index in [9.17, 15) is 14.3 Å². The Bertz CT molecular complexity index is 769. The lowest BCUT2D eigenvalue weighted by Crippen LogP contribution is -2.42. The van der Waals surface area contributed by atoms with Gasteiger partial charge in [-0.15, -0.1) is 0 Å². The highest BCUT2D eigenvalue weighted by atomic mass is 19.1. The number of amides is 1. The monoisotopic (exact) mass is 372 g/mol. The summed E-state index contributed by atoms with van der Waals surface area (Å²) in [4.78, 5) is 16.0. The van der Waals surface area contributed by atoms with Gasteiger partial charge in [0.2, 0.25) is 5.91 Å². The van der Waals surface area contributed by atoms with Crippen LogP contribution in [0.3, 0.4) is 0 Å². The number of rotatable bonds is 6. The summed E-state index contributed by atoms with van der Waals surface area (Å²) in [6.07, 6.45) is -0.378. The van der Waals surface area contributed by atoms with Crippen molar-refractivity contribution in [2.75, 3.05) is 31.1 Å². The molecule has 1 aliphatic rings. The fraction of sp³-hybridized carbons (Fsp3) is 0.381. The van der Waals surface area contributed by atoms with Gasteiger partial charge in [-0.2, -0.15) is 0 Å². The Hall–Kier alpha value is -2.60. The van der Waals surface area contributed by atoms with E-state index >= 15 is 0 Å². The van der Waals surface area contributed by atoms with E-state index in [1.807, 2.05) is 42.2 Å². The smallest absolute Gasteiger partial charge is 0.224 e. The van der Waals surface area contributed by atoms with Crippen LogP contribution in [-0.4, -0.2) is 48.3 Å². The standard InChI is InChI=1S/C21H25FN2O3/c1-2-23-13-16-12-17(22)8-9-20(16)24(11-10-21(23)26)14-18(25)15-27-19-6-4-3-5-7-19/h3-9,12,18,25H,2,10-11,13-15H2,1H3. The first kappa shape index (κ1) is 19.2. The summed E-state index contributed by atoms with van der Waals surface area (Å²) in [7, 11) is 0. The summed E-state index contributed by atoms with van der Waals surface area (Å²) in [5, 5.41) is 10.4. The molecule has 2 aromatic carbocycles. The second-order valence-electron chi connectivity index (χ2n) is 6.65. The molecule has 0 saturated carbocycles. The lowest BCUT2D eigenvalue weighted by Gasteiger charge is -2.34. The van der Waals surface area contributed by atoms with Gasteiger partial charge in [-0.1, -0.05) is 18.2 Å². The normalized spacial score (nSPS) is 15.7. The molecule has 0 radical (unpaired) electrons.